The Morgan fingerprint density at radius 2 is 2.05 bits per heavy atom. The molecule has 1 aromatic carbocycles. The summed E-state index contributed by atoms with van der Waals surface area (Å²) < 4.78 is 4.92. The molecule has 19 heavy (non-hydrogen) atoms. The van der Waals surface area contributed by atoms with Gasteiger partial charge in [0, 0.05) is 12.1 Å². The number of hydrogen-bond donors (Lipinski definition) is 1. The third kappa shape index (κ3) is 5.55. The summed E-state index contributed by atoms with van der Waals surface area (Å²) in [6.07, 6.45) is 1.34. The Morgan fingerprint density at radius 3 is 2.68 bits per heavy atom. The maximum absolute atomic E-state index is 11.7. The molecule has 0 radical (unpaired) electrons. The minimum atomic E-state index is -0.374. The van der Waals surface area contributed by atoms with Gasteiger partial charge >= 0.3 is 5.97 Å². The zero-order valence-corrected chi connectivity index (χ0v) is 11.7. The molecule has 1 aromatic rings. The minimum absolute atomic E-state index is 0.0327. The molecule has 0 spiro atoms. The highest BCUT2D eigenvalue weighted by molar-refractivity contribution is 5.94. The highest BCUT2D eigenvalue weighted by Gasteiger charge is 2.08. The number of nitrogens with one attached hydrogen (secondary N) is 1. The lowest BCUT2D eigenvalue weighted by atomic mass is 10.1. The average molecular weight is 263 g/mol. The number of rotatable bonds is 6. The van der Waals surface area contributed by atoms with Gasteiger partial charge in [0.25, 0.3) is 0 Å². The Labute approximate surface area is 114 Å². The van der Waals surface area contributed by atoms with Crippen LogP contribution < -0.4 is 5.32 Å². The molecule has 104 valence electrons. The summed E-state index contributed by atoms with van der Waals surface area (Å²) in [6, 6.07) is 6.79. The van der Waals surface area contributed by atoms with Crippen LogP contribution in [0.4, 0.5) is 5.69 Å². The first-order valence-corrected chi connectivity index (χ1v) is 6.60. The molecule has 0 saturated heterocycles. The van der Waals surface area contributed by atoms with Crippen molar-refractivity contribution in [2.45, 2.75) is 33.6 Å². The monoisotopic (exact) mass is 263 g/mol. The maximum Gasteiger partial charge on any atom is 0.338 e. The minimum Gasteiger partial charge on any atom is -0.462 e. The fourth-order valence-corrected chi connectivity index (χ4v) is 1.58. The number of esters is 1. The third-order valence-corrected chi connectivity index (χ3v) is 2.61. The second kappa shape index (κ2) is 7.56. The van der Waals surface area contributed by atoms with Crippen molar-refractivity contribution < 1.29 is 14.3 Å². The number of carbonyl (C=O) groups excluding carboxylic acids is 2. The van der Waals surface area contributed by atoms with Crippen LogP contribution in [-0.2, 0) is 9.53 Å². The smallest absolute Gasteiger partial charge is 0.338 e. The van der Waals surface area contributed by atoms with Crippen LogP contribution in [0.3, 0.4) is 0 Å². The average Bonchev–Trinajstić information content (AvgIpc) is 2.37. The Morgan fingerprint density at radius 1 is 1.32 bits per heavy atom. The van der Waals surface area contributed by atoms with E-state index in [4.69, 9.17) is 4.74 Å². The number of carbonyl (C=O) groups is 2. The Hall–Kier alpha value is -1.84. The van der Waals surface area contributed by atoms with Gasteiger partial charge in [0.2, 0.25) is 5.91 Å². The molecule has 1 N–H and O–H groups in total. The van der Waals surface area contributed by atoms with E-state index in [0.29, 0.717) is 30.2 Å². The predicted molar refractivity (Wildman–Crippen MR) is 75.1 cm³/mol. The quantitative estimate of drug-likeness (QED) is 0.802. The third-order valence-electron chi connectivity index (χ3n) is 2.61. The summed E-state index contributed by atoms with van der Waals surface area (Å²) in [5, 5.41) is 2.79. The van der Waals surface area contributed by atoms with Crippen LogP contribution in [0.2, 0.25) is 0 Å². The van der Waals surface area contributed by atoms with Gasteiger partial charge in [0.05, 0.1) is 12.2 Å². The zero-order chi connectivity index (χ0) is 14.3. The van der Waals surface area contributed by atoms with Gasteiger partial charge in [-0.15, -0.1) is 0 Å². The van der Waals surface area contributed by atoms with Crippen molar-refractivity contribution >= 4 is 17.6 Å². The molecule has 0 saturated carbocycles. The first kappa shape index (κ1) is 15.2. The molecule has 0 aliphatic rings. The van der Waals surface area contributed by atoms with Gasteiger partial charge in [-0.2, -0.15) is 0 Å². The molecule has 0 fully saturated rings. The Bertz CT molecular complexity index is 441. The summed E-state index contributed by atoms with van der Waals surface area (Å²) in [4.78, 5) is 23.3. The van der Waals surface area contributed by atoms with Crippen molar-refractivity contribution in [3.05, 3.63) is 29.8 Å². The van der Waals surface area contributed by atoms with Gasteiger partial charge < -0.3 is 10.1 Å². The number of ether oxygens (including phenoxy) is 1. The molecule has 4 heteroatoms. The Balaban J connectivity index is 2.61. The van der Waals surface area contributed by atoms with Gasteiger partial charge in [-0.25, -0.2) is 4.79 Å². The van der Waals surface area contributed by atoms with Crippen LogP contribution >= 0.6 is 0 Å². The molecule has 0 aliphatic heterocycles. The SMILES string of the molecule is CCOC(=O)c1cccc(NC(=O)CCC(C)C)c1. The lowest BCUT2D eigenvalue weighted by Gasteiger charge is -2.08. The number of benzene rings is 1. The highest BCUT2D eigenvalue weighted by Crippen LogP contribution is 2.13. The van der Waals surface area contributed by atoms with Crippen molar-refractivity contribution in [3.8, 4) is 0 Å². The van der Waals surface area contributed by atoms with Crippen molar-refractivity contribution in [1.29, 1.82) is 0 Å². The van der Waals surface area contributed by atoms with Crippen LogP contribution in [0.5, 0.6) is 0 Å². The largest absolute Gasteiger partial charge is 0.462 e. The molecule has 0 aromatic heterocycles. The van der Waals surface area contributed by atoms with E-state index in [2.05, 4.69) is 19.2 Å². The first-order valence-electron chi connectivity index (χ1n) is 6.60. The van der Waals surface area contributed by atoms with Gasteiger partial charge in [-0.3, -0.25) is 4.79 Å². The van der Waals surface area contributed by atoms with E-state index >= 15 is 0 Å². The molecular weight excluding hydrogens is 242 g/mol. The van der Waals surface area contributed by atoms with E-state index in [1.807, 2.05) is 0 Å². The van der Waals surface area contributed by atoms with Gasteiger partial charge in [-0.05, 0) is 37.5 Å². The van der Waals surface area contributed by atoms with E-state index < -0.39 is 0 Å². The highest BCUT2D eigenvalue weighted by atomic mass is 16.5. The van der Waals surface area contributed by atoms with Crippen molar-refractivity contribution in [2.24, 2.45) is 5.92 Å². The van der Waals surface area contributed by atoms with Crippen LogP contribution in [0.15, 0.2) is 24.3 Å². The van der Waals surface area contributed by atoms with E-state index in [-0.39, 0.29) is 11.9 Å². The van der Waals surface area contributed by atoms with Crippen molar-refractivity contribution in [1.82, 2.24) is 0 Å². The number of hydrogen-bond acceptors (Lipinski definition) is 3. The molecule has 0 bridgehead atoms. The van der Waals surface area contributed by atoms with E-state index in [0.717, 1.165) is 6.42 Å². The van der Waals surface area contributed by atoms with Gasteiger partial charge in [0.15, 0.2) is 0 Å². The summed E-state index contributed by atoms with van der Waals surface area (Å²) in [6.45, 7) is 6.25. The predicted octanol–water partition coefficient (Wildman–Crippen LogP) is 3.24. The molecular formula is C15H21NO3. The zero-order valence-electron chi connectivity index (χ0n) is 11.7. The summed E-state index contributed by atoms with van der Waals surface area (Å²) in [5.41, 5.74) is 1.07. The summed E-state index contributed by atoms with van der Waals surface area (Å²) in [5.74, 6) is 0.0899. The molecule has 0 heterocycles. The van der Waals surface area contributed by atoms with Gasteiger partial charge in [-0.1, -0.05) is 19.9 Å². The normalized spacial score (nSPS) is 10.3. The lowest BCUT2D eigenvalue weighted by molar-refractivity contribution is -0.116. The van der Waals surface area contributed by atoms with E-state index in [1.54, 1.807) is 31.2 Å². The van der Waals surface area contributed by atoms with Crippen LogP contribution in [0, 0.1) is 5.92 Å². The Kier molecular flexibility index (Phi) is 6.06. The van der Waals surface area contributed by atoms with E-state index in [9.17, 15) is 9.59 Å². The van der Waals surface area contributed by atoms with Crippen molar-refractivity contribution in [2.75, 3.05) is 11.9 Å². The lowest BCUT2D eigenvalue weighted by Crippen LogP contribution is -2.13. The second-order valence-corrected chi connectivity index (χ2v) is 4.78. The maximum atomic E-state index is 11.7. The molecule has 1 amide bonds. The molecule has 0 aliphatic carbocycles. The fraction of sp³-hybridized carbons (Fsp3) is 0.467. The van der Waals surface area contributed by atoms with Crippen LogP contribution in [0.25, 0.3) is 0 Å². The van der Waals surface area contributed by atoms with Gasteiger partial charge in [0.1, 0.15) is 0 Å². The van der Waals surface area contributed by atoms with E-state index in [1.165, 1.54) is 0 Å². The second-order valence-electron chi connectivity index (χ2n) is 4.78. The van der Waals surface area contributed by atoms with Crippen LogP contribution in [-0.4, -0.2) is 18.5 Å². The summed E-state index contributed by atoms with van der Waals surface area (Å²) >= 11 is 0. The molecule has 4 nitrogen and oxygen atoms in total. The molecule has 1 rings (SSSR count). The molecule has 0 atom stereocenters. The van der Waals surface area contributed by atoms with Crippen molar-refractivity contribution in [3.63, 3.8) is 0 Å². The fourth-order valence-electron chi connectivity index (χ4n) is 1.58. The van der Waals surface area contributed by atoms with Crippen LogP contribution in [0.1, 0.15) is 44.0 Å². The molecule has 0 unspecified atom stereocenters. The topological polar surface area (TPSA) is 55.4 Å². The standard InChI is InChI=1S/C15H21NO3/c1-4-19-15(18)12-6-5-7-13(10-12)16-14(17)9-8-11(2)3/h5-7,10-11H,4,8-9H2,1-3H3,(H,16,17). The number of anilines is 1. The first-order chi connectivity index (χ1) is 9.02. The number of amides is 1. The summed E-state index contributed by atoms with van der Waals surface area (Å²) in [7, 11) is 0.